The van der Waals surface area contributed by atoms with Gasteiger partial charge in [0.05, 0.1) is 11.2 Å². The summed E-state index contributed by atoms with van der Waals surface area (Å²) < 4.78 is 0.969. The molecular weight excluding hydrogens is 304 g/mol. The van der Waals surface area contributed by atoms with Crippen LogP contribution < -0.4 is 10.2 Å². The Bertz CT molecular complexity index is 587. The molecule has 0 spiro atoms. The summed E-state index contributed by atoms with van der Waals surface area (Å²) in [5.41, 5.74) is 3.14. The van der Waals surface area contributed by atoms with Crippen LogP contribution in [0.2, 0.25) is 0 Å². The Hall–Kier alpha value is -1.20. The van der Waals surface area contributed by atoms with Crippen molar-refractivity contribution in [3.8, 4) is 0 Å². The highest BCUT2D eigenvalue weighted by molar-refractivity contribution is 9.10. The molecule has 100 valence electrons. The molecule has 2 aromatic rings. The van der Waals surface area contributed by atoms with E-state index in [1.807, 2.05) is 18.5 Å². The van der Waals surface area contributed by atoms with Gasteiger partial charge >= 0.3 is 0 Å². The van der Waals surface area contributed by atoms with Crippen LogP contribution in [0.5, 0.6) is 0 Å². The molecule has 1 unspecified atom stereocenters. The van der Waals surface area contributed by atoms with Crippen molar-refractivity contribution in [3.05, 3.63) is 29.0 Å². The van der Waals surface area contributed by atoms with Crippen molar-refractivity contribution in [1.29, 1.82) is 0 Å². The molecule has 1 atom stereocenters. The summed E-state index contributed by atoms with van der Waals surface area (Å²) in [6.45, 7) is 5.32. The lowest BCUT2D eigenvalue weighted by Gasteiger charge is -2.37. The monoisotopic (exact) mass is 320 g/mol. The third-order valence-electron chi connectivity index (χ3n) is 3.65. The molecule has 3 heterocycles. The smallest absolute Gasteiger partial charge is 0.112 e. The lowest BCUT2D eigenvalue weighted by molar-refractivity contribution is 0.467. The molecule has 19 heavy (non-hydrogen) atoms. The van der Waals surface area contributed by atoms with Gasteiger partial charge in [0.15, 0.2) is 0 Å². The molecule has 1 N–H and O–H groups in total. The highest BCUT2D eigenvalue weighted by atomic mass is 79.9. The highest BCUT2D eigenvalue weighted by Crippen LogP contribution is 2.27. The maximum absolute atomic E-state index is 4.55. The minimum absolute atomic E-state index is 0.532. The first-order valence-electron chi connectivity index (χ1n) is 6.67. The van der Waals surface area contributed by atoms with E-state index in [4.69, 9.17) is 0 Å². The lowest BCUT2D eigenvalue weighted by atomic mass is 10.1. The van der Waals surface area contributed by atoms with Crippen LogP contribution in [0.4, 0.5) is 5.69 Å². The van der Waals surface area contributed by atoms with Crippen LogP contribution in [0.3, 0.4) is 0 Å². The first-order chi connectivity index (χ1) is 9.29. The van der Waals surface area contributed by atoms with Gasteiger partial charge in [-0.3, -0.25) is 9.97 Å². The number of nitrogens with one attached hydrogen (secondary N) is 1. The summed E-state index contributed by atoms with van der Waals surface area (Å²) in [5.74, 6) is 0. The predicted octanol–water partition coefficient (Wildman–Crippen LogP) is 2.58. The largest absolute Gasteiger partial charge is 0.364 e. The Labute approximate surface area is 121 Å². The minimum Gasteiger partial charge on any atom is -0.364 e. The van der Waals surface area contributed by atoms with Gasteiger partial charge in [0, 0.05) is 42.5 Å². The van der Waals surface area contributed by atoms with E-state index in [1.165, 1.54) is 5.69 Å². The SMILES string of the molecule is CCC1CNCCN1c1ccnc2cc(Br)cnc12. The number of nitrogens with zero attached hydrogens (tertiary/aromatic N) is 3. The number of hydrogen-bond acceptors (Lipinski definition) is 4. The fourth-order valence-electron chi connectivity index (χ4n) is 2.67. The fraction of sp³-hybridized carbons (Fsp3) is 0.429. The van der Waals surface area contributed by atoms with Crippen LogP contribution in [-0.4, -0.2) is 35.6 Å². The number of hydrogen-bond donors (Lipinski definition) is 1. The number of halogens is 1. The first-order valence-corrected chi connectivity index (χ1v) is 7.46. The van der Waals surface area contributed by atoms with E-state index in [9.17, 15) is 0 Å². The molecule has 1 aliphatic heterocycles. The summed E-state index contributed by atoms with van der Waals surface area (Å²) in [5, 5.41) is 3.46. The number of rotatable bonds is 2. The summed E-state index contributed by atoms with van der Waals surface area (Å²) >= 11 is 3.45. The van der Waals surface area contributed by atoms with Crippen molar-refractivity contribution in [1.82, 2.24) is 15.3 Å². The van der Waals surface area contributed by atoms with E-state index < -0.39 is 0 Å². The number of piperazine rings is 1. The van der Waals surface area contributed by atoms with Crippen LogP contribution in [-0.2, 0) is 0 Å². The molecule has 0 saturated carbocycles. The molecule has 5 heteroatoms. The molecule has 0 amide bonds. The summed E-state index contributed by atoms with van der Waals surface area (Å²) in [6, 6.07) is 4.64. The molecule has 0 bridgehead atoms. The molecular formula is C14H17BrN4. The Balaban J connectivity index is 2.08. The zero-order chi connectivity index (χ0) is 13.2. The topological polar surface area (TPSA) is 41.0 Å². The van der Waals surface area contributed by atoms with E-state index in [0.717, 1.165) is 41.6 Å². The number of pyridine rings is 2. The minimum atomic E-state index is 0.532. The highest BCUT2D eigenvalue weighted by Gasteiger charge is 2.22. The van der Waals surface area contributed by atoms with E-state index in [1.54, 1.807) is 0 Å². The normalized spacial score (nSPS) is 19.9. The van der Waals surface area contributed by atoms with Gasteiger partial charge in [-0.1, -0.05) is 6.92 Å². The molecule has 3 rings (SSSR count). The van der Waals surface area contributed by atoms with Gasteiger partial charge in [0.1, 0.15) is 5.52 Å². The van der Waals surface area contributed by atoms with E-state index in [0.29, 0.717) is 6.04 Å². The second-order valence-electron chi connectivity index (χ2n) is 4.81. The lowest BCUT2D eigenvalue weighted by Crippen LogP contribution is -2.51. The first kappa shape index (κ1) is 12.8. The van der Waals surface area contributed by atoms with Crippen molar-refractivity contribution in [2.24, 2.45) is 0 Å². The van der Waals surface area contributed by atoms with Gasteiger partial charge < -0.3 is 10.2 Å². The third kappa shape index (κ3) is 2.44. The Morgan fingerprint density at radius 3 is 3.21 bits per heavy atom. The number of fused-ring (bicyclic) bond motifs is 1. The Kier molecular flexibility index (Phi) is 3.66. The number of anilines is 1. The predicted molar refractivity (Wildman–Crippen MR) is 81.5 cm³/mol. The van der Waals surface area contributed by atoms with Gasteiger partial charge in [-0.05, 0) is 34.5 Å². The average molecular weight is 321 g/mol. The van der Waals surface area contributed by atoms with Crippen molar-refractivity contribution in [2.45, 2.75) is 19.4 Å². The molecule has 1 fully saturated rings. The molecule has 0 aliphatic carbocycles. The second-order valence-corrected chi connectivity index (χ2v) is 5.73. The zero-order valence-corrected chi connectivity index (χ0v) is 12.5. The van der Waals surface area contributed by atoms with Crippen molar-refractivity contribution in [3.63, 3.8) is 0 Å². The van der Waals surface area contributed by atoms with Gasteiger partial charge in [0.2, 0.25) is 0 Å². The molecule has 2 aromatic heterocycles. The Morgan fingerprint density at radius 2 is 2.37 bits per heavy atom. The average Bonchev–Trinajstić information content (AvgIpc) is 2.46. The standard InChI is InChI=1S/C14H17BrN4/c1-2-11-9-16-5-6-19(11)13-3-4-17-12-7-10(15)8-18-14(12)13/h3-4,7-8,11,16H,2,5-6,9H2,1H3. The molecule has 0 aromatic carbocycles. The van der Waals surface area contributed by atoms with Crippen LogP contribution >= 0.6 is 15.9 Å². The maximum Gasteiger partial charge on any atom is 0.112 e. The van der Waals surface area contributed by atoms with Crippen molar-refractivity contribution >= 4 is 32.7 Å². The fourth-order valence-corrected chi connectivity index (χ4v) is 2.99. The summed E-state index contributed by atoms with van der Waals surface area (Å²) in [4.78, 5) is 11.4. The van der Waals surface area contributed by atoms with E-state index in [-0.39, 0.29) is 0 Å². The zero-order valence-electron chi connectivity index (χ0n) is 10.9. The van der Waals surface area contributed by atoms with Crippen LogP contribution in [0.15, 0.2) is 29.0 Å². The summed E-state index contributed by atoms with van der Waals surface area (Å²) in [7, 11) is 0. The van der Waals surface area contributed by atoms with Gasteiger partial charge in [-0.25, -0.2) is 0 Å². The quantitative estimate of drug-likeness (QED) is 0.923. The molecule has 4 nitrogen and oxygen atoms in total. The molecule has 1 saturated heterocycles. The second kappa shape index (κ2) is 5.43. The Morgan fingerprint density at radius 1 is 1.47 bits per heavy atom. The number of aromatic nitrogens is 2. The van der Waals surface area contributed by atoms with Crippen LogP contribution in [0.1, 0.15) is 13.3 Å². The van der Waals surface area contributed by atoms with E-state index in [2.05, 4.69) is 49.1 Å². The van der Waals surface area contributed by atoms with Crippen molar-refractivity contribution < 1.29 is 0 Å². The van der Waals surface area contributed by atoms with Gasteiger partial charge in [-0.15, -0.1) is 0 Å². The van der Waals surface area contributed by atoms with Crippen LogP contribution in [0, 0.1) is 0 Å². The maximum atomic E-state index is 4.55. The third-order valence-corrected chi connectivity index (χ3v) is 4.09. The van der Waals surface area contributed by atoms with Crippen LogP contribution in [0.25, 0.3) is 11.0 Å². The van der Waals surface area contributed by atoms with Crippen molar-refractivity contribution in [2.75, 3.05) is 24.5 Å². The van der Waals surface area contributed by atoms with Gasteiger partial charge in [-0.2, -0.15) is 0 Å². The van der Waals surface area contributed by atoms with E-state index >= 15 is 0 Å². The van der Waals surface area contributed by atoms with Gasteiger partial charge in [0.25, 0.3) is 0 Å². The molecule has 1 aliphatic rings. The summed E-state index contributed by atoms with van der Waals surface area (Å²) in [6.07, 6.45) is 4.85. The molecule has 0 radical (unpaired) electrons.